The molecule has 2 heterocycles. The molecule has 0 bridgehead atoms. The number of nitrogens with one attached hydrogen (secondary N) is 3. The van der Waals surface area contributed by atoms with Crippen molar-refractivity contribution in [1.29, 1.82) is 5.41 Å². The first-order valence-electron chi connectivity index (χ1n) is 8.50. The molecule has 0 saturated heterocycles. The Bertz CT molecular complexity index is 1070. The highest BCUT2D eigenvalue weighted by Gasteiger charge is 2.08. The Labute approximate surface area is 157 Å². The number of benzene rings is 1. The molecule has 0 saturated carbocycles. The zero-order chi connectivity index (χ0) is 19.6. The van der Waals surface area contributed by atoms with Gasteiger partial charge in [-0.1, -0.05) is 6.58 Å². The Morgan fingerprint density at radius 1 is 1.37 bits per heavy atom. The van der Waals surface area contributed by atoms with Crippen molar-refractivity contribution in [3.63, 3.8) is 0 Å². The van der Waals surface area contributed by atoms with Gasteiger partial charge in [0.2, 0.25) is 0 Å². The molecule has 0 aliphatic carbocycles. The summed E-state index contributed by atoms with van der Waals surface area (Å²) in [4.78, 5) is 4.31. The number of nitrogens with zero attached hydrogens (tertiary/aromatic N) is 5. The van der Waals surface area contributed by atoms with E-state index in [-0.39, 0.29) is 5.49 Å². The van der Waals surface area contributed by atoms with Gasteiger partial charge in [0.25, 0.3) is 0 Å². The monoisotopic (exact) mass is 364 g/mol. The molecule has 8 nitrogen and oxygen atoms in total. The summed E-state index contributed by atoms with van der Waals surface area (Å²) < 4.78 is 3.53. The summed E-state index contributed by atoms with van der Waals surface area (Å²) >= 11 is 0. The quantitative estimate of drug-likeness (QED) is 0.462. The minimum absolute atomic E-state index is 0.230. The van der Waals surface area contributed by atoms with Gasteiger partial charge in [-0.05, 0) is 30.7 Å². The fourth-order valence-corrected chi connectivity index (χ4v) is 2.74. The number of anilines is 2. The summed E-state index contributed by atoms with van der Waals surface area (Å²) in [5.74, 6) is 0.455. The molecular weight excluding hydrogens is 340 g/mol. The predicted octanol–water partition coefficient (Wildman–Crippen LogP) is 2.43. The maximum absolute atomic E-state index is 8.52. The van der Waals surface area contributed by atoms with Gasteiger partial charge in [-0.25, -0.2) is 10.4 Å². The Morgan fingerprint density at radius 3 is 2.89 bits per heavy atom. The normalized spacial score (nSPS) is 11.6. The Balaban J connectivity index is 1.91. The number of allylic oxidation sites excluding steroid dienone is 2. The molecule has 1 aromatic carbocycles. The third-order valence-corrected chi connectivity index (χ3v) is 4.38. The second-order valence-corrected chi connectivity index (χ2v) is 6.25. The second-order valence-electron chi connectivity index (χ2n) is 6.25. The van der Waals surface area contributed by atoms with E-state index in [4.69, 9.17) is 5.41 Å². The number of hydrazine groups is 1. The van der Waals surface area contributed by atoms with Crippen molar-refractivity contribution in [2.45, 2.75) is 6.92 Å². The van der Waals surface area contributed by atoms with Gasteiger partial charge in [0.1, 0.15) is 0 Å². The van der Waals surface area contributed by atoms with E-state index in [9.17, 15) is 0 Å². The van der Waals surface area contributed by atoms with E-state index in [1.165, 1.54) is 0 Å². The smallest absolute Gasteiger partial charge is 0.173 e. The van der Waals surface area contributed by atoms with Crippen molar-refractivity contribution in [1.82, 2.24) is 29.8 Å². The highest BCUT2D eigenvalue weighted by atomic mass is 15.5. The SMILES string of the molecule is C=C(/C(C)=C/N(C)NC)n1ccnc(Nc2ccc3c(cnn3C)c2)c1=N. The van der Waals surface area contributed by atoms with Crippen LogP contribution in [0.3, 0.4) is 0 Å². The summed E-state index contributed by atoms with van der Waals surface area (Å²) in [6.07, 6.45) is 7.12. The van der Waals surface area contributed by atoms with Crippen molar-refractivity contribution in [2.75, 3.05) is 19.4 Å². The van der Waals surface area contributed by atoms with E-state index in [2.05, 4.69) is 27.4 Å². The molecule has 0 fully saturated rings. The van der Waals surface area contributed by atoms with Gasteiger partial charge >= 0.3 is 0 Å². The van der Waals surface area contributed by atoms with Crippen LogP contribution in [0, 0.1) is 5.41 Å². The molecule has 0 spiro atoms. The number of fused-ring (bicyclic) bond motifs is 1. The molecule has 2 aromatic heterocycles. The van der Waals surface area contributed by atoms with Crippen LogP contribution in [0.25, 0.3) is 16.6 Å². The molecule has 0 atom stereocenters. The molecule has 3 N–H and O–H groups in total. The van der Waals surface area contributed by atoms with Crippen molar-refractivity contribution in [2.24, 2.45) is 7.05 Å². The first kappa shape index (κ1) is 18.4. The van der Waals surface area contributed by atoms with E-state index in [0.29, 0.717) is 11.5 Å². The van der Waals surface area contributed by atoms with Crippen LogP contribution in [0.1, 0.15) is 6.92 Å². The van der Waals surface area contributed by atoms with Crippen molar-refractivity contribution in [3.05, 3.63) is 60.6 Å². The van der Waals surface area contributed by atoms with E-state index >= 15 is 0 Å². The third kappa shape index (κ3) is 3.75. The van der Waals surface area contributed by atoms with Crippen LogP contribution in [0.4, 0.5) is 11.5 Å². The fourth-order valence-electron chi connectivity index (χ4n) is 2.74. The molecule has 0 amide bonds. The minimum Gasteiger partial charge on any atom is -0.337 e. The molecule has 3 rings (SSSR count). The predicted molar refractivity (Wildman–Crippen MR) is 108 cm³/mol. The summed E-state index contributed by atoms with van der Waals surface area (Å²) in [5.41, 5.74) is 6.77. The first-order chi connectivity index (χ1) is 12.9. The molecule has 0 unspecified atom stereocenters. The van der Waals surface area contributed by atoms with Gasteiger partial charge in [0.05, 0.1) is 11.7 Å². The maximum Gasteiger partial charge on any atom is 0.173 e. The average molecular weight is 364 g/mol. The second kappa shape index (κ2) is 7.46. The lowest BCUT2D eigenvalue weighted by molar-refractivity contribution is 0.363. The minimum atomic E-state index is 0.230. The summed E-state index contributed by atoms with van der Waals surface area (Å²) in [7, 11) is 5.65. The lowest BCUT2D eigenvalue weighted by Gasteiger charge is -2.17. The molecule has 0 aliphatic heterocycles. The van der Waals surface area contributed by atoms with Crippen LogP contribution in [0.5, 0.6) is 0 Å². The highest BCUT2D eigenvalue weighted by molar-refractivity contribution is 5.83. The van der Waals surface area contributed by atoms with E-state index in [1.54, 1.807) is 17.0 Å². The highest BCUT2D eigenvalue weighted by Crippen LogP contribution is 2.20. The lowest BCUT2D eigenvalue weighted by atomic mass is 10.2. The molecule has 140 valence electrons. The fraction of sp³-hybridized carbons (Fsp3) is 0.211. The van der Waals surface area contributed by atoms with Crippen LogP contribution < -0.4 is 16.2 Å². The van der Waals surface area contributed by atoms with E-state index < -0.39 is 0 Å². The van der Waals surface area contributed by atoms with Gasteiger partial charge in [-0.3, -0.25) is 14.7 Å². The zero-order valence-electron chi connectivity index (χ0n) is 16.0. The standard InChI is InChI=1S/C19H24N8/c1-13(12-25(4)21-3)14(2)27-9-8-22-19(18(27)20)24-16-6-7-17-15(10-16)11-23-26(17)5/h6-12,20-21H,2H2,1,3-5H3,(H,22,24)/b13-12+,20-18?. The average Bonchev–Trinajstić information content (AvgIpc) is 3.03. The molecule has 27 heavy (non-hydrogen) atoms. The summed E-state index contributed by atoms with van der Waals surface area (Å²) in [6.45, 7) is 6.07. The van der Waals surface area contributed by atoms with Crippen LogP contribution in [-0.4, -0.2) is 38.4 Å². The molecular formula is C19H24N8. The van der Waals surface area contributed by atoms with Gasteiger partial charge in [0, 0.05) is 56.5 Å². The number of hydrogen-bond donors (Lipinski definition) is 3. The topological polar surface area (TPSA) is 86.8 Å². The molecule has 0 radical (unpaired) electrons. The van der Waals surface area contributed by atoms with Crippen LogP contribution in [-0.2, 0) is 7.05 Å². The van der Waals surface area contributed by atoms with Crippen LogP contribution in [0.2, 0.25) is 0 Å². The summed E-state index contributed by atoms with van der Waals surface area (Å²) in [5, 5.41) is 18.8. The van der Waals surface area contributed by atoms with Gasteiger partial charge in [-0.2, -0.15) is 5.10 Å². The molecule has 8 heteroatoms. The maximum atomic E-state index is 8.52. The van der Waals surface area contributed by atoms with Gasteiger partial charge < -0.3 is 10.3 Å². The lowest BCUT2D eigenvalue weighted by Crippen LogP contribution is -2.26. The summed E-state index contributed by atoms with van der Waals surface area (Å²) in [6, 6.07) is 5.93. The number of hydrogen-bond acceptors (Lipinski definition) is 6. The van der Waals surface area contributed by atoms with Crippen molar-refractivity contribution >= 4 is 28.1 Å². The van der Waals surface area contributed by atoms with E-state index in [0.717, 1.165) is 22.2 Å². The van der Waals surface area contributed by atoms with Crippen LogP contribution in [0.15, 0.2) is 55.1 Å². The molecule has 3 aromatic rings. The largest absolute Gasteiger partial charge is 0.337 e. The van der Waals surface area contributed by atoms with Crippen molar-refractivity contribution < 1.29 is 0 Å². The van der Waals surface area contributed by atoms with Gasteiger partial charge in [-0.15, -0.1) is 0 Å². The molecule has 0 aliphatic rings. The van der Waals surface area contributed by atoms with Gasteiger partial charge in [0.15, 0.2) is 11.3 Å². The Morgan fingerprint density at radius 2 is 2.15 bits per heavy atom. The third-order valence-electron chi connectivity index (χ3n) is 4.38. The number of rotatable bonds is 6. The zero-order valence-corrected chi connectivity index (χ0v) is 16.0. The number of aryl methyl sites for hydroxylation is 1. The Hall–Kier alpha value is -3.39. The van der Waals surface area contributed by atoms with Crippen LogP contribution >= 0.6 is 0 Å². The van der Waals surface area contributed by atoms with E-state index in [1.807, 2.05) is 68.4 Å². The number of aromatic nitrogens is 4. The first-order valence-corrected chi connectivity index (χ1v) is 8.50. The van der Waals surface area contributed by atoms with Crippen molar-refractivity contribution in [3.8, 4) is 0 Å². The Kier molecular flexibility index (Phi) is 5.09.